The minimum atomic E-state index is -0.590. The summed E-state index contributed by atoms with van der Waals surface area (Å²) in [6, 6.07) is 3.57. The Balaban J connectivity index is 2.58. The van der Waals surface area contributed by atoms with E-state index in [9.17, 15) is 4.79 Å². The Hall–Kier alpha value is -1.43. The van der Waals surface area contributed by atoms with Crippen molar-refractivity contribution in [1.82, 2.24) is 15.1 Å². The Kier molecular flexibility index (Phi) is 1.97. The third kappa shape index (κ3) is 1.52. The summed E-state index contributed by atoms with van der Waals surface area (Å²) in [6.45, 7) is 0. The molecule has 2 aromatic heterocycles. The molecule has 0 saturated carbocycles. The highest BCUT2D eigenvalue weighted by atomic mass is 79.9. The first-order valence-electron chi connectivity index (χ1n) is 3.44. The molecule has 5 nitrogen and oxygen atoms in total. The summed E-state index contributed by atoms with van der Waals surface area (Å²) in [7, 11) is 0. The Morgan fingerprint density at radius 3 is 3.00 bits per heavy atom. The van der Waals surface area contributed by atoms with Gasteiger partial charge >= 0.3 is 5.76 Å². The summed E-state index contributed by atoms with van der Waals surface area (Å²) in [5.41, 5.74) is 0.549. The van der Waals surface area contributed by atoms with Crippen molar-refractivity contribution < 1.29 is 4.52 Å². The summed E-state index contributed by atoms with van der Waals surface area (Å²) in [6.07, 6.45) is 1.60. The van der Waals surface area contributed by atoms with Crippen molar-refractivity contribution in [2.24, 2.45) is 0 Å². The summed E-state index contributed by atoms with van der Waals surface area (Å²) in [5.74, 6) is -0.273. The quantitative estimate of drug-likeness (QED) is 0.815. The molecule has 0 spiro atoms. The fourth-order valence-corrected chi connectivity index (χ4v) is 1.33. The largest absolute Gasteiger partial charge is 0.439 e. The van der Waals surface area contributed by atoms with Gasteiger partial charge in [-0.1, -0.05) is 5.16 Å². The van der Waals surface area contributed by atoms with E-state index in [1.165, 1.54) is 0 Å². The van der Waals surface area contributed by atoms with Gasteiger partial charge in [-0.2, -0.15) is 0 Å². The standard InChI is InChI=1S/C7H4BrN3O2/c8-4-2-1-3-9-5(4)6-10-7(12)13-11-6/h1-3H,(H,10,11,12). The normalized spacial score (nSPS) is 10.2. The predicted molar refractivity (Wildman–Crippen MR) is 48.1 cm³/mol. The minimum absolute atomic E-state index is 0.317. The average molecular weight is 242 g/mol. The molecule has 0 radical (unpaired) electrons. The van der Waals surface area contributed by atoms with Crippen molar-refractivity contribution in [3.05, 3.63) is 33.4 Å². The van der Waals surface area contributed by atoms with Crippen LogP contribution >= 0.6 is 15.9 Å². The van der Waals surface area contributed by atoms with E-state index in [0.717, 1.165) is 4.47 Å². The second-order valence-corrected chi connectivity index (χ2v) is 3.13. The van der Waals surface area contributed by atoms with Crippen LogP contribution in [0, 0.1) is 0 Å². The van der Waals surface area contributed by atoms with E-state index < -0.39 is 5.76 Å². The molecule has 0 atom stereocenters. The fraction of sp³-hybridized carbons (Fsp3) is 0. The second kappa shape index (κ2) is 3.14. The highest BCUT2D eigenvalue weighted by molar-refractivity contribution is 9.10. The van der Waals surface area contributed by atoms with Crippen molar-refractivity contribution in [3.8, 4) is 11.5 Å². The van der Waals surface area contributed by atoms with Gasteiger partial charge in [0.1, 0.15) is 5.69 Å². The van der Waals surface area contributed by atoms with E-state index in [2.05, 4.69) is 35.6 Å². The zero-order valence-corrected chi connectivity index (χ0v) is 7.91. The molecule has 0 aliphatic carbocycles. The van der Waals surface area contributed by atoms with E-state index in [0.29, 0.717) is 11.5 Å². The zero-order valence-electron chi connectivity index (χ0n) is 6.32. The van der Waals surface area contributed by atoms with E-state index in [4.69, 9.17) is 0 Å². The van der Waals surface area contributed by atoms with E-state index in [-0.39, 0.29) is 0 Å². The van der Waals surface area contributed by atoms with Gasteiger partial charge in [0.25, 0.3) is 0 Å². The molecule has 0 aliphatic heterocycles. The molecule has 0 unspecified atom stereocenters. The zero-order chi connectivity index (χ0) is 9.26. The molecule has 0 fully saturated rings. The molecule has 2 aromatic rings. The molecule has 1 N–H and O–H groups in total. The van der Waals surface area contributed by atoms with Gasteiger partial charge < -0.3 is 0 Å². The van der Waals surface area contributed by atoms with Crippen LogP contribution in [0.15, 0.2) is 32.1 Å². The van der Waals surface area contributed by atoms with Crippen molar-refractivity contribution in [2.45, 2.75) is 0 Å². The number of hydrogen-bond donors (Lipinski definition) is 1. The molecule has 0 aliphatic rings. The minimum Gasteiger partial charge on any atom is -0.296 e. The SMILES string of the molecule is O=c1[nH]c(-c2ncccc2Br)no1. The van der Waals surface area contributed by atoms with Gasteiger partial charge in [-0.25, -0.2) is 4.79 Å². The van der Waals surface area contributed by atoms with Crippen LogP contribution in [-0.2, 0) is 0 Å². The lowest BCUT2D eigenvalue weighted by Crippen LogP contribution is -1.95. The fourth-order valence-electron chi connectivity index (χ4n) is 0.892. The van der Waals surface area contributed by atoms with Crippen molar-refractivity contribution >= 4 is 15.9 Å². The number of pyridine rings is 1. The van der Waals surface area contributed by atoms with Gasteiger partial charge in [-0.3, -0.25) is 14.5 Å². The molecule has 13 heavy (non-hydrogen) atoms. The van der Waals surface area contributed by atoms with Crippen LogP contribution in [0.3, 0.4) is 0 Å². The number of aromatic nitrogens is 3. The van der Waals surface area contributed by atoms with Gasteiger partial charge in [-0.05, 0) is 28.1 Å². The highest BCUT2D eigenvalue weighted by Gasteiger charge is 2.08. The van der Waals surface area contributed by atoms with Crippen LogP contribution < -0.4 is 5.76 Å². The molecule has 2 heterocycles. The molecular weight excluding hydrogens is 238 g/mol. The molecule has 0 amide bonds. The highest BCUT2D eigenvalue weighted by Crippen LogP contribution is 2.20. The molecular formula is C7H4BrN3O2. The predicted octanol–water partition coefficient (Wildman–Crippen LogP) is 1.19. The summed E-state index contributed by atoms with van der Waals surface area (Å²) in [5, 5.41) is 3.51. The number of halogens is 1. The third-order valence-electron chi connectivity index (χ3n) is 1.42. The van der Waals surface area contributed by atoms with E-state index >= 15 is 0 Å². The maximum atomic E-state index is 10.6. The van der Waals surface area contributed by atoms with Crippen LogP contribution in [0.5, 0.6) is 0 Å². The monoisotopic (exact) mass is 241 g/mol. The van der Waals surface area contributed by atoms with E-state index in [1.54, 1.807) is 18.3 Å². The van der Waals surface area contributed by atoms with Crippen LogP contribution in [0.1, 0.15) is 0 Å². The van der Waals surface area contributed by atoms with Gasteiger partial charge in [0.15, 0.2) is 0 Å². The number of H-pyrrole nitrogens is 1. The summed E-state index contributed by atoms with van der Waals surface area (Å²) < 4.78 is 5.10. The number of nitrogens with zero attached hydrogens (tertiary/aromatic N) is 2. The van der Waals surface area contributed by atoms with Crippen LogP contribution in [-0.4, -0.2) is 15.1 Å². The van der Waals surface area contributed by atoms with Crippen LogP contribution in [0.25, 0.3) is 11.5 Å². The Morgan fingerprint density at radius 1 is 1.54 bits per heavy atom. The maximum absolute atomic E-state index is 10.6. The first kappa shape index (κ1) is 8.18. The molecule has 0 aromatic carbocycles. The molecule has 0 saturated heterocycles. The molecule has 2 rings (SSSR count). The topological polar surface area (TPSA) is 71.8 Å². The molecule has 6 heteroatoms. The summed E-state index contributed by atoms with van der Waals surface area (Å²) in [4.78, 5) is 17.1. The van der Waals surface area contributed by atoms with Crippen molar-refractivity contribution in [3.63, 3.8) is 0 Å². The van der Waals surface area contributed by atoms with Gasteiger partial charge in [0, 0.05) is 10.7 Å². The second-order valence-electron chi connectivity index (χ2n) is 2.28. The van der Waals surface area contributed by atoms with Gasteiger partial charge in [0.2, 0.25) is 5.82 Å². The first-order chi connectivity index (χ1) is 6.27. The van der Waals surface area contributed by atoms with Crippen LogP contribution in [0.2, 0.25) is 0 Å². The lowest BCUT2D eigenvalue weighted by atomic mass is 10.3. The Bertz CT molecular complexity index is 476. The smallest absolute Gasteiger partial charge is 0.296 e. The van der Waals surface area contributed by atoms with Gasteiger partial charge in [-0.15, -0.1) is 0 Å². The van der Waals surface area contributed by atoms with Crippen molar-refractivity contribution in [1.29, 1.82) is 0 Å². The van der Waals surface area contributed by atoms with E-state index in [1.807, 2.05) is 0 Å². The third-order valence-corrected chi connectivity index (χ3v) is 2.06. The number of hydrogen-bond acceptors (Lipinski definition) is 4. The number of aromatic amines is 1. The summed E-state index contributed by atoms with van der Waals surface area (Å²) >= 11 is 3.28. The first-order valence-corrected chi connectivity index (χ1v) is 4.23. The van der Waals surface area contributed by atoms with Gasteiger partial charge in [0.05, 0.1) is 0 Å². The number of rotatable bonds is 1. The van der Waals surface area contributed by atoms with Crippen molar-refractivity contribution in [2.75, 3.05) is 0 Å². The molecule has 66 valence electrons. The lowest BCUT2D eigenvalue weighted by Gasteiger charge is -1.95. The lowest BCUT2D eigenvalue weighted by molar-refractivity contribution is 0.387. The number of nitrogens with one attached hydrogen (secondary N) is 1. The average Bonchev–Trinajstić information content (AvgIpc) is 2.53. The maximum Gasteiger partial charge on any atom is 0.439 e. The Labute approximate surface area is 80.9 Å². The van der Waals surface area contributed by atoms with Crippen LogP contribution in [0.4, 0.5) is 0 Å². The Morgan fingerprint density at radius 2 is 2.38 bits per heavy atom. The molecule has 0 bridgehead atoms.